The zero-order valence-corrected chi connectivity index (χ0v) is 12.2. The second-order valence-corrected chi connectivity index (χ2v) is 7.02. The fraction of sp³-hybridized carbons (Fsp3) is 0.929. The number of amides is 1. The molecule has 2 fully saturated rings. The van der Waals surface area contributed by atoms with Crippen molar-refractivity contribution < 1.29 is 4.79 Å². The summed E-state index contributed by atoms with van der Waals surface area (Å²) in [5.41, 5.74) is 0. The smallest absolute Gasteiger partial charge is 0.230 e. The molecule has 2 N–H and O–H groups in total. The van der Waals surface area contributed by atoms with Crippen LogP contribution in [-0.2, 0) is 4.79 Å². The van der Waals surface area contributed by atoms with Gasteiger partial charge < -0.3 is 10.6 Å². The van der Waals surface area contributed by atoms with Gasteiger partial charge in [-0.2, -0.15) is 0 Å². The Morgan fingerprint density at radius 2 is 1.94 bits per heavy atom. The molecule has 0 radical (unpaired) electrons. The highest BCUT2D eigenvalue weighted by molar-refractivity contribution is 8.00. The number of carbonyl (C=O) groups is 1. The van der Waals surface area contributed by atoms with Crippen molar-refractivity contribution in [1.82, 2.24) is 10.6 Å². The molecule has 0 spiro atoms. The Hall–Kier alpha value is -0.220. The third-order valence-electron chi connectivity index (χ3n) is 4.25. The number of thioether (sulfide) groups is 1. The van der Waals surface area contributed by atoms with E-state index in [0.29, 0.717) is 17.0 Å². The van der Waals surface area contributed by atoms with Crippen molar-refractivity contribution in [3.05, 3.63) is 0 Å². The summed E-state index contributed by atoms with van der Waals surface area (Å²) < 4.78 is 0. The molecule has 1 unspecified atom stereocenters. The third kappa shape index (κ3) is 4.47. The molecule has 1 heterocycles. The zero-order chi connectivity index (χ0) is 12.8. The molecule has 1 saturated heterocycles. The Bertz CT molecular complexity index is 261. The molecule has 2 aliphatic rings. The fourth-order valence-corrected chi connectivity index (χ4v) is 4.04. The molecule has 1 aliphatic heterocycles. The van der Waals surface area contributed by atoms with Crippen LogP contribution in [0.15, 0.2) is 0 Å². The van der Waals surface area contributed by atoms with Crippen LogP contribution in [0, 0.1) is 5.92 Å². The molecule has 0 aromatic rings. The first-order valence-electron chi connectivity index (χ1n) is 7.37. The van der Waals surface area contributed by atoms with Crippen LogP contribution < -0.4 is 10.6 Å². The van der Waals surface area contributed by atoms with Crippen molar-refractivity contribution in [3.63, 3.8) is 0 Å². The maximum Gasteiger partial charge on any atom is 0.230 e. The van der Waals surface area contributed by atoms with Crippen LogP contribution >= 0.6 is 11.8 Å². The van der Waals surface area contributed by atoms with E-state index in [-0.39, 0.29) is 5.91 Å². The third-order valence-corrected chi connectivity index (χ3v) is 5.58. The lowest BCUT2D eigenvalue weighted by molar-refractivity contribution is -0.119. The SMILES string of the molecule is CC(SCC(=O)NC1CCCC1)C1CCNCC1. The van der Waals surface area contributed by atoms with Crippen molar-refractivity contribution in [2.75, 3.05) is 18.8 Å². The van der Waals surface area contributed by atoms with Crippen molar-refractivity contribution in [3.8, 4) is 0 Å². The molecule has 1 aliphatic carbocycles. The Labute approximate surface area is 115 Å². The van der Waals surface area contributed by atoms with Crippen LogP contribution in [0.25, 0.3) is 0 Å². The van der Waals surface area contributed by atoms with Crippen LogP contribution in [0.2, 0.25) is 0 Å². The van der Waals surface area contributed by atoms with Gasteiger partial charge >= 0.3 is 0 Å². The van der Waals surface area contributed by atoms with E-state index in [0.717, 1.165) is 19.0 Å². The predicted molar refractivity (Wildman–Crippen MR) is 77.9 cm³/mol. The number of nitrogens with one attached hydrogen (secondary N) is 2. The lowest BCUT2D eigenvalue weighted by atomic mass is 9.95. The Morgan fingerprint density at radius 3 is 2.61 bits per heavy atom. The molecule has 0 bridgehead atoms. The summed E-state index contributed by atoms with van der Waals surface area (Å²) in [5, 5.41) is 7.17. The zero-order valence-electron chi connectivity index (χ0n) is 11.4. The molecule has 1 amide bonds. The van der Waals surface area contributed by atoms with E-state index in [9.17, 15) is 4.79 Å². The van der Waals surface area contributed by atoms with Crippen molar-refractivity contribution in [2.45, 2.75) is 56.7 Å². The maximum atomic E-state index is 11.8. The number of hydrogen-bond donors (Lipinski definition) is 2. The molecule has 1 saturated carbocycles. The van der Waals surface area contributed by atoms with Crippen LogP contribution in [0.1, 0.15) is 45.4 Å². The van der Waals surface area contributed by atoms with E-state index >= 15 is 0 Å². The second kappa shape index (κ2) is 7.39. The highest BCUT2D eigenvalue weighted by Crippen LogP contribution is 2.26. The normalized spacial score (nSPS) is 24.1. The summed E-state index contributed by atoms with van der Waals surface area (Å²) in [5.74, 6) is 1.67. The first-order valence-corrected chi connectivity index (χ1v) is 8.42. The first kappa shape index (κ1) is 14.2. The summed E-state index contributed by atoms with van der Waals surface area (Å²) >= 11 is 1.83. The number of carbonyl (C=O) groups excluding carboxylic acids is 1. The molecule has 4 heteroatoms. The van der Waals surface area contributed by atoms with E-state index in [1.54, 1.807) is 0 Å². The van der Waals surface area contributed by atoms with Gasteiger partial charge in [-0.3, -0.25) is 4.79 Å². The average molecular weight is 270 g/mol. The molecule has 0 aromatic carbocycles. The van der Waals surface area contributed by atoms with Gasteiger partial charge in [0.25, 0.3) is 0 Å². The van der Waals surface area contributed by atoms with Gasteiger partial charge in [0.05, 0.1) is 5.75 Å². The van der Waals surface area contributed by atoms with Crippen molar-refractivity contribution >= 4 is 17.7 Å². The van der Waals surface area contributed by atoms with Crippen LogP contribution in [0.3, 0.4) is 0 Å². The van der Waals surface area contributed by atoms with Gasteiger partial charge in [-0.1, -0.05) is 19.8 Å². The largest absolute Gasteiger partial charge is 0.353 e. The van der Waals surface area contributed by atoms with Gasteiger partial charge in [-0.25, -0.2) is 0 Å². The Kier molecular flexibility index (Phi) is 5.83. The predicted octanol–water partition coefficient (Wildman–Crippen LogP) is 2.17. The fourth-order valence-electron chi connectivity index (χ4n) is 3.00. The standard InChI is InChI=1S/C14H26N2OS/c1-11(12-6-8-15-9-7-12)18-10-14(17)16-13-4-2-3-5-13/h11-13,15H,2-10H2,1H3,(H,16,17). The molecular formula is C14H26N2OS. The molecule has 0 aromatic heterocycles. The quantitative estimate of drug-likeness (QED) is 0.804. The molecule has 104 valence electrons. The molecule has 18 heavy (non-hydrogen) atoms. The summed E-state index contributed by atoms with van der Waals surface area (Å²) in [6, 6.07) is 0.465. The van der Waals surface area contributed by atoms with Crippen molar-refractivity contribution in [1.29, 1.82) is 0 Å². The summed E-state index contributed by atoms with van der Waals surface area (Å²) in [6.07, 6.45) is 7.45. The number of piperidine rings is 1. The first-order chi connectivity index (χ1) is 8.75. The Morgan fingerprint density at radius 1 is 1.28 bits per heavy atom. The lowest BCUT2D eigenvalue weighted by Gasteiger charge is -2.27. The summed E-state index contributed by atoms with van der Waals surface area (Å²) in [7, 11) is 0. The minimum atomic E-state index is 0.243. The second-order valence-electron chi connectivity index (χ2n) is 5.65. The average Bonchev–Trinajstić information content (AvgIpc) is 2.90. The van der Waals surface area contributed by atoms with Crippen LogP contribution in [0.4, 0.5) is 0 Å². The van der Waals surface area contributed by atoms with Crippen LogP contribution in [-0.4, -0.2) is 36.0 Å². The van der Waals surface area contributed by atoms with Gasteiger partial charge in [0.2, 0.25) is 5.91 Å². The lowest BCUT2D eigenvalue weighted by Crippen LogP contribution is -2.35. The van der Waals surface area contributed by atoms with E-state index in [2.05, 4.69) is 17.6 Å². The Balaban J connectivity index is 1.61. The molecule has 1 atom stereocenters. The maximum absolute atomic E-state index is 11.8. The van der Waals surface area contributed by atoms with E-state index < -0.39 is 0 Å². The van der Waals surface area contributed by atoms with Gasteiger partial charge in [-0.15, -0.1) is 11.8 Å². The minimum Gasteiger partial charge on any atom is -0.353 e. The topological polar surface area (TPSA) is 41.1 Å². The minimum absolute atomic E-state index is 0.243. The highest BCUT2D eigenvalue weighted by atomic mass is 32.2. The highest BCUT2D eigenvalue weighted by Gasteiger charge is 2.22. The number of rotatable bonds is 5. The van der Waals surface area contributed by atoms with E-state index in [1.165, 1.54) is 38.5 Å². The molecule has 3 nitrogen and oxygen atoms in total. The number of hydrogen-bond acceptors (Lipinski definition) is 3. The van der Waals surface area contributed by atoms with Gasteiger partial charge in [0, 0.05) is 11.3 Å². The summed E-state index contributed by atoms with van der Waals surface area (Å²) in [6.45, 7) is 4.57. The monoisotopic (exact) mass is 270 g/mol. The van der Waals surface area contributed by atoms with Gasteiger partial charge in [0.15, 0.2) is 0 Å². The van der Waals surface area contributed by atoms with Crippen LogP contribution in [0.5, 0.6) is 0 Å². The van der Waals surface area contributed by atoms with E-state index in [4.69, 9.17) is 0 Å². The summed E-state index contributed by atoms with van der Waals surface area (Å²) in [4.78, 5) is 11.8. The van der Waals surface area contributed by atoms with Gasteiger partial charge in [0.1, 0.15) is 0 Å². The van der Waals surface area contributed by atoms with Gasteiger partial charge in [-0.05, 0) is 44.7 Å². The van der Waals surface area contributed by atoms with Crippen molar-refractivity contribution in [2.24, 2.45) is 5.92 Å². The molecule has 2 rings (SSSR count). The molecular weight excluding hydrogens is 244 g/mol. The van der Waals surface area contributed by atoms with E-state index in [1.807, 2.05) is 11.8 Å².